The maximum absolute atomic E-state index is 12.0. The predicted octanol–water partition coefficient (Wildman–Crippen LogP) is 5.01. The number of allylic oxidation sites excluding steroid dienone is 6. The molecule has 0 heterocycles. The van der Waals surface area contributed by atoms with Gasteiger partial charge in [-0.05, 0) is 63.3 Å². The average molecular weight is 341 g/mol. The highest BCUT2D eigenvalue weighted by Crippen LogP contribution is 2.32. The van der Waals surface area contributed by atoms with Crippen LogP contribution in [0.1, 0.15) is 40.0 Å². The molecule has 0 saturated carbocycles. The molecule has 1 atom stereocenters. The van der Waals surface area contributed by atoms with Crippen molar-refractivity contribution in [1.29, 1.82) is 0 Å². The fourth-order valence-corrected chi connectivity index (χ4v) is 3.17. The van der Waals surface area contributed by atoms with Crippen LogP contribution in [0.25, 0.3) is 0 Å². The lowest BCUT2D eigenvalue weighted by molar-refractivity contribution is -0.135. The number of ether oxygens (including phenoxy) is 1. The van der Waals surface area contributed by atoms with Crippen LogP contribution in [0.4, 0.5) is 0 Å². The highest BCUT2D eigenvalue weighted by molar-refractivity contribution is 5.92. The van der Waals surface area contributed by atoms with E-state index in [0.29, 0.717) is 17.2 Å². The Kier molecular flexibility index (Phi) is 8.76. The number of hydrogen-bond donors (Lipinski definition) is 1. The van der Waals surface area contributed by atoms with E-state index in [9.17, 15) is 4.79 Å². The second-order valence-corrected chi connectivity index (χ2v) is 6.40. The van der Waals surface area contributed by atoms with Gasteiger partial charge in [-0.2, -0.15) is 0 Å². The first kappa shape index (κ1) is 20.8. The standard InChI is InChI=1S/C22H31NO2/c1-7-11-20(22(24)25-6)21(9-3)23-15-18-13-10-12-17(14-16(4)5)19(18)8-2/h7-9,11,14,18,23H,2-3,10,12-13,15H2,1,4-6H3/b11-7-,21-20-. The summed E-state index contributed by atoms with van der Waals surface area (Å²) in [5, 5.41) is 3.38. The lowest BCUT2D eigenvalue weighted by Gasteiger charge is -2.27. The largest absolute Gasteiger partial charge is 0.465 e. The molecule has 3 nitrogen and oxygen atoms in total. The van der Waals surface area contributed by atoms with Crippen LogP contribution in [-0.4, -0.2) is 19.6 Å². The van der Waals surface area contributed by atoms with Crippen molar-refractivity contribution in [3.8, 4) is 0 Å². The van der Waals surface area contributed by atoms with Crippen molar-refractivity contribution < 1.29 is 9.53 Å². The Labute approximate surface area is 152 Å². The summed E-state index contributed by atoms with van der Waals surface area (Å²) >= 11 is 0. The van der Waals surface area contributed by atoms with E-state index >= 15 is 0 Å². The van der Waals surface area contributed by atoms with Crippen LogP contribution < -0.4 is 5.32 Å². The maximum Gasteiger partial charge on any atom is 0.339 e. The summed E-state index contributed by atoms with van der Waals surface area (Å²) in [7, 11) is 1.39. The SMILES string of the molecule is C=CC1=C(C=C(C)C)CCCC1CN/C(C=C)=C(/C=C\C)C(=O)OC. The van der Waals surface area contributed by atoms with Gasteiger partial charge < -0.3 is 10.1 Å². The number of carbonyl (C=O) groups is 1. The third kappa shape index (κ3) is 5.93. The Bertz CT molecular complexity index is 628. The highest BCUT2D eigenvalue weighted by Gasteiger charge is 2.21. The smallest absolute Gasteiger partial charge is 0.339 e. The first-order chi connectivity index (χ1) is 12.0. The van der Waals surface area contributed by atoms with Crippen LogP contribution in [0.15, 0.2) is 71.5 Å². The second-order valence-electron chi connectivity index (χ2n) is 6.40. The Balaban J connectivity index is 3.07. The van der Waals surface area contributed by atoms with Crippen molar-refractivity contribution in [2.24, 2.45) is 5.92 Å². The molecule has 0 spiro atoms. The van der Waals surface area contributed by atoms with Crippen molar-refractivity contribution in [3.05, 3.63) is 71.5 Å². The molecule has 0 saturated heterocycles. The van der Waals surface area contributed by atoms with Crippen molar-refractivity contribution in [2.45, 2.75) is 40.0 Å². The first-order valence-electron chi connectivity index (χ1n) is 8.80. The summed E-state index contributed by atoms with van der Waals surface area (Å²) in [5.41, 5.74) is 5.16. The number of methoxy groups -OCH3 is 1. The lowest BCUT2D eigenvalue weighted by atomic mass is 9.82. The molecule has 1 aliphatic carbocycles. The van der Waals surface area contributed by atoms with E-state index < -0.39 is 0 Å². The van der Waals surface area contributed by atoms with E-state index in [1.165, 1.54) is 23.8 Å². The Morgan fingerprint density at radius 1 is 1.36 bits per heavy atom. The minimum absolute atomic E-state index is 0.367. The topological polar surface area (TPSA) is 38.3 Å². The monoisotopic (exact) mass is 341 g/mol. The quantitative estimate of drug-likeness (QED) is 0.383. The molecule has 3 heteroatoms. The summed E-state index contributed by atoms with van der Waals surface area (Å²) in [6.07, 6.45) is 12.8. The van der Waals surface area contributed by atoms with E-state index in [1.807, 2.05) is 19.1 Å². The van der Waals surface area contributed by atoms with Gasteiger partial charge in [0.2, 0.25) is 0 Å². The Hall–Kier alpha value is -2.29. The van der Waals surface area contributed by atoms with Gasteiger partial charge in [-0.15, -0.1) is 0 Å². The summed E-state index contributed by atoms with van der Waals surface area (Å²) in [5.74, 6) is 0.00478. The second kappa shape index (κ2) is 10.5. The van der Waals surface area contributed by atoms with E-state index in [-0.39, 0.29) is 5.97 Å². The Morgan fingerprint density at radius 2 is 2.08 bits per heavy atom. The number of carbonyl (C=O) groups excluding carboxylic acids is 1. The molecule has 0 aromatic carbocycles. The van der Waals surface area contributed by atoms with Crippen LogP contribution in [0.2, 0.25) is 0 Å². The summed E-state index contributed by atoms with van der Waals surface area (Å²) < 4.78 is 4.87. The number of nitrogens with one attached hydrogen (secondary N) is 1. The molecule has 1 unspecified atom stereocenters. The van der Waals surface area contributed by atoms with Crippen molar-refractivity contribution in [2.75, 3.05) is 13.7 Å². The third-order valence-electron chi connectivity index (χ3n) is 4.26. The van der Waals surface area contributed by atoms with Crippen LogP contribution in [0.3, 0.4) is 0 Å². The highest BCUT2D eigenvalue weighted by atomic mass is 16.5. The molecule has 0 aromatic rings. The molecule has 1 rings (SSSR count). The molecule has 0 amide bonds. The van der Waals surface area contributed by atoms with Gasteiger partial charge in [0.1, 0.15) is 0 Å². The van der Waals surface area contributed by atoms with Crippen LogP contribution in [0, 0.1) is 5.92 Å². The molecule has 1 aliphatic rings. The van der Waals surface area contributed by atoms with Gasteiger partial charge in [0.05, 0.1) is 12.7 Å². The van der Waals surface area contributed by atoms with Crippen molar-refractivity contribution in [3.63, 3.8) is 0 Å². The van der Waals surface area contributed by atoms with E-state index in [2.05, 4.69) is 38.4 Å². The van der Waals surface area contributed by atoms with Crippen molar-refractivity contribution in [1.82, 2.24) is 5.32 Å². The van der Waals surface area contributed by atoms with E-state index in [1.54, 1.807) is 12.2 Å². The van der Waals surface area contributed by atoms with Gasteiger partial charge in [0.25, 0.3) is 0 Å². The molecular weight excluding hydrogens is 310 g/mol. The van der Waals surface area contributed by atoms with Gasteiger partial charge in [-0.25, -0.2) is 4.79 Å². The molecule has 0 radical (unpaired) electrons. The normalized spacial score (nSPS) is 18.5. The average Bonchev–Trinajstić information content (AvgIpc) is 2.60. The third-order valence-corrected chi connectivity index (χ3v) is 4.26. The minimum Gasteiger partial charge on any atom is -0.465 e. The zero-order chi connectivity index (χ0) is 18.8. The van der Waals surface area contributed by atoms with Crippen molar-refractivity contribution >= 4 is 5.97 Å². The first-order valence-corrected chi connectivity index (χ1v) is 8.80. The maximum atomic E-state index is 12.0. The molecule has 0 fully saturated rings. The molecule has 0 aliphatic heterocycles. The van der Waals surface area contributed by atoms with Gasteiger partial charge in [0.15, 0.2) is 0 Å². The van der Waals surface area contributed by atoms with Gasteiger partial charge in [0, 0.05) is 18.2 Å². The van der Waals surface area contributed by atoms with Crippen LogP contribution in [0.5, 0.6) is 0 Å². The van der Waals surface area contributed by atoms with E-state index in [0.717, 1.165) is 25.8 Å². The molecule has 25 heavy (non-hydrogen) atoms. The zero-order valence-electron chi connectivity index (χ0n) is 16.0. The summed E-state index contributed by atoms with van der Waals surface area (Å²) in [6, 6.07) is 0. The number of esters is 1. The molecule has 136 valence electrons. The fraction of sp³-hybridized carbons (Fsp3) is 0.409. The lowest BCUT2D eigenvalue weighted by Crippen LogP contribution is -2.27. The number of hydrogen-bond acceptors (Lipinski definition) is 3. The van der Waals surface area contributed by atoms with Gasteiger partial charge in [-0.3, -0.25) is 0 Å². The minimum atomic E-state index is -0.367. The predicted molar refractivity (Wildman–Crippen MR) is 106 cm³/mol. The molecule has 1 N–H and O–H groups in total. The summed E-state index contributed by atoms with van der Waals surface area (Å²) in [4.78, 5) is 12.0. The molecular formula is C22H31NO2. The Morgan fingerprint density at radius 3 is 2.60 bits per heavy atom. The molecule has 0 aromatic heterocycles. The van der Waals surface area contributed by atoms with Crippen LogP contribution >= 0.6 is 0 Å². The molecule has 0 bridgehead atoms. The summed E-state index contributed by atoms with van der Waals surface area (Å²) in [6.45, 7) is 14.7. The number of rotatable bonds is 8. The van der Waals surface area contributed by atoms with E-state index in [4.69, 9.17) is 4.74 Å². The van der Waals surface area contributed by atoms with Crippen LogP contribution in [-0.2, 0) is 9.53 Å². The van der Waals surface area contributed by atoms with Gasteiger partial charge in [-0.1, -0.05) is 37.0 Å². The van der Waals surface area contributed by atoms with Gasteiger partial charge >= 0.3 is 5.97 Å². The fourth-order valence-electron chi connectivity index (χ4n) is 3.17. The zero-order valence-corrected chi connectivity index (χ0v) is 16.0.